The molecule has 116 valence electrons. The second-order valence-corrected chi connectivity index (χ2v) is 6.79. The second-order valence-electron chi connectivity index (χ2n) is 6.79. The molecule has 4 atom stereocenters. The molecule has 2 aliphatic carbocycles. The SMILES string of the molecule is CN(CC1CC2CCC1C2)C(CN)c1cc(F)ccc1F. The summed E-state index contributed by atoms with van der Waals surface area (Å²) in [5.41, 5.74) is 6.22. The van der Waals surface area contributed by atoms with Crippen LogP contribution in [0.5, 0.6) is 0 Å². The van der Waals surface area contributed by atoms with Gasteiger partial charge in [-0.05, 0) is 62.3 Å². The maximum absolute atomic E-state index is 14.0. The quantitative estimate of drug-likeness (QED) is 0.902. The normalized spacial score (nSPS) is 29.3. The van der Waals surface area contributed by atoms with Gasteiger partial charge in [0.05, 0.1) is 0 Å². The van der Waals surface area contributed by atoms with E-state index in [1.165, 1.54) is 37.8 Å². The van der Waals surface area contributed by atoms with Gasteiger partial charge in [-0.25, -0.2) is 8.78 Å². The van der Waals surface area contributed by atoms with Crippen LogP contribution in [0.25, 0.3) is 0 Å². The number of nitrogens with two attached hydrogens (primary N) is 1. The number of halogens is 2. The summed E-state index contributed by atoms with van der Waals surface area (Å²) in [6, 6.07) is 3.38. The van der Waals surface area contributed by atoms with Crippen molar-refractivity contribution in [1.29, 1.82) is 0 Å². The number of fused-ring (bicyclic) bond motifs is 2. The highest BCUT2D eigenvalue weighted by molar-refractivity contribution is 5.23. The van der Waals surface area contributed by atoms with E-state index < -0.39 is 5.82 Å². The van der Waals surface area contributed by atoms with E-state index in [4.69, 9.17) is 5.73 Å². The van der Waals surface area contributed by atoms with Crippen LogP contribution in [0.1, 0.15) is 37.3 Å². The molecule has 3 rings (SSSR count). The van der Waals surface area contributed by atoms with Gasteiger partial charge < -0.3 is 5.73 Å². The van der Waals surface area contributed by atoms with Crippen molar-refractivity contribution in [1.82, 2.24) is 4.90 Å². The minimum atomic E-state index is -0.404. The Hall–Kier alpha value is -1.00. The summed E-state index contributed by atoms with van der Waals surface area (Å²) in [5.74, 6) is 1.65. The van der Waals surface area contributed by atoms with E-state index in [1.54, 1.807) is 0 Å². The van der Waals surface area contributed by atoms with Crippen molar-refractivity contribution in [2.24, 2.45) is 23.5 Å². The number of rotatable bonds is 5. The van der Waals surface area contributed by atoms with Gasteiger partial charge in [0.2, 0.25) is 0 Å². The summed E-state index contributed by atoms with van der Waals surface area (Å²) < 4.78 is 27.4. The molecule has 0 aromatic heterocycles. The van der Waals surface area contributed by atoms with Crippen LogP contribution in [-0.2, 0) is 0 Å². The Morgan fingerprint density at radius 3 is 2.71 bits per heavy atom. The van der Waals surface area contributed by atoms with E-state index in [1.807, 2.05) is 7.05 Å². The molecule has 0 heterocycles. The monoisotopic (exact) mass is 294 g/mol. The molecule has 2 bridgehead atoms. The molecule has 2 N–H and O–H groups in total. The number of hydrogen-bond donors (Lipinski definition) is 1. The molecule has 0 saturated heterocycles. The molecule has 4 unspecified atom stereocenters. The Labute approximate surface area is 125 Å². The lowest BCUT2D eigenvalue weighted by Gasteiger charge is -2.32. The van der Waals surface area contributed by atoms with Crippen LogP contribution >= 0.6 is 0 Å². The highest BCUT2D eigenvalue weighted by atomic mass is 19.1. The summed E-state index contributed by atoms with van der Waals surface area (Å²) in [6.45, 7) is 1.23. The van der Waals surface area contributed by atoms with Crippen LogP contribution in [0.15, 0.2) is 18.2 Å². The largest absolute Gasteiger partial charge is 0.329 e. The summed E-state index contributed by atoms with van der Waals surface area (Å²) in [7, 11) is 1.98. The zero-order chi connectivity index (χ0) is 15.0. The highest BCUT2D eigenvalue weighted by Crippen LogP contribution is 2.48. The smallest absolute Gasteiger partial charge is 0.128 e. The molecule has 4 heteroatoms. The topological polar surface area (TPSA) is 29.3 Å². The molecule has 0 spiro atoms. The lowest BCUT2D eigenvalue weighted by molar-refractivity contribution is 0.173. The molecule has 0 amide bonds. The Kier molecular flexibility index (Phi) is 4.27. The fraction of sp³-hybridized carbons (Fsp3) is 0.647. The Morgan fingerprint density at radius 2 is 2.10 bits per heavy atom. The van der Waals surface area contributed by atoms with Crippen LogP contribution in [0.2, 0.25) is 0 Å². The van der Waals surface area contributed by atoms with Gasteiger partial charge in [0.25, 0.3) is 0 Å². The minimum absolute atomic E-state index is 0.250. The first kappa shape index (κ1) is 14.9. The number of likely N-dealkylation sites (N-methyl/N-ethyl adjacent to an activating group) is 1. The van der Waals surface area contributed by atoms with Crippen LogP contribution in [0.3, 0.4) is 0 Å². The van der Waals surface area contributed by atoms with Gasteiger partial charge in [0.15, 0.2) is 0 Å². The van der Waals surface area contributed by atoms with Gasteiger partial charge in [0.1, 0.15) is 11.6 Å². The Balaban J connectivity index is 1.71. The second kappa shape index (κ2) is 6.01. The van der Waals surface area contributed by atoms with Crippen molar-refractivity contribution < 1.29 is 8.78 Å². The van der Waals surface area contributed by atoms with Gasteiger partial charge in [-0.15, -0.1) is 0 Å². The van der Waals surface area contributed by atoms with Crippen LogP contribution in [0.4, 0.5) is 8.78 Å². The third kappa shape index (κ3) is 2.97. The van der Waals surface area contributed by atoms with Crippen LogP contribution in [-0.4, -0.2) is 25.0 Å². The molecule has 0 aliphatic heterocycles. The molecule has 0 radical (unpaired) electrons. The van der Waals surface area contributed by atoms with Gasteiger partial charge in [-0.3, -0.25) is 4.90 Å². The fourth-order valence-corrected chi connectivity index (χ4v) is 4.41. The maximum Gasteiger partial charge on any atom is 0.128 e. The predicted molar refractivity (Wildman–Crippen MR) is 79.7 cm³/mol. The minimum Gasteiger partial charge on any atom is -0.329 e. The van der Waals surface area contributed by atoms with E-state index >= 15 is 0 Å². The van der Waals surface area contributed by atoms with Gasteiger partial charge in [-0.2, -0.15) is 0 Å². The fourth-order valence-electron chi connectivity index (χ4n) is 4.41. The summed E-state index contributed by atoms with van der Waals surface area (Å²) >= 11 is 0. The molecule has 2 fully saturated rings. The van der Waals surface area contributed by atoms with Crippen molar-refractivity contribution in [2.75, 3.05) is 20.1 Å². The predicted octanol–water partition coefficient (Wildman–Crippen LogP) is 3.33. The van der Waals surface area contributed by atoms with Crippen molar-refractivity contribution >= 4 is 0 Å². The Bertz CT molecular complexity index is 506. The summed E-state index contributed by atoms with van der Waals surface area (Å²) in [4.78, 5) is 2.11. The van der Waals surface area contributed by atoms with E-state index in [2.05, 4.69) is 4.90 Å². The van der Waals surface area contributed by atoms with E-state index in [0.717, 1.165) is 24.4 Å². The average Bonchev–Trinajstić information content (AvgIpc) is 3.06. The van der Waals surface area contributed by atoms with Crippen molar-refractivity contribution in [3.8, 4) is 0 Å². The molecule has 2 saturated carbocycles. The first-order chi connectivity index (χ1) is 10.1. The first-order valence-electron chi connectivity index (χ1n) is 7.93. The average molecular weight is 294 g/mol. The van der Waals surface area contributed by atoms with Crippen molar-refractivity contribution in [3.05, 3.63) is 35.4 Å². The third-order valence-electron chi connectivity index (χ3n) is 5.48. The molecule has 2 aliphatic rings. The van der Waals surface area contributed by atoms with Crippen molar-refractivity contribution in [2.45, 2.75) is 31.7 Å². The number of benzene rings is 1. The maximum atomic E-state index is 14.0. The van der Waals surface area contributed by atoms with E-state index in [9.17, 15) is 8.78 Å². The number of hydrogen-bond acceptors (Lipinski definition) is 2. The zero-order valence-corrected chi connectivity index (χ0v) is 12.6. The molecule has 21 heavy (non-hydrogen) atoms. The van der Waals surface area contributed by atoms with Gasteiger partial charge in [0, 0.05) is 24.7 Å². The first-order valence-corrected chi connectivity index (χ1v) is 7.93. The van der Waals surface area contributed by atoms with Crippen LogP contribution < -0.4 is 5.73 Å². The number of nitrogens with zero attached hydrogens (tertiary/aromatic N) is 1. The summed E-state index contributed by atoms with van der Waals surface area (Å²) in [5, 5.41) is 0. The highest BCUT2D eigenvalue weighted by Gasteiger charge is 2.40. The molecule has 1 aromatic rings. The summed E-state index contributed by atoms with van der Waals surface area (Å²) in [6.07, 6.45) is 5.37. The van der Waals surface area contributed by atoms with E-state index in [-0.39, 0.29) is 11.9 Å². The van der Waals surface area contributed by atoms with Crippen LogP contribution in [0, 0.1) is 29.4 Å². The molecular formula is C17H24F2N2. The molecule has 2 nitrogen and oxygen atoms in total. The van der Waals surface area contributed by atoms with Crippen molar-refractivity contribution in [3.63, 3.8) is 0 Å². The standard InChI is InChI=1S/C17H24F2N2/c1-21(10-13-7-11-2-3-12(13)6-11)17(9-20)15-8-14(18)4-5-16(15)19/h4-5,8,11-13,17H,2-3,6-7,9-10,20H2,1H3. The third-order valence-corrected chi connectivity index (χ3v) is 5.48. The van der Waals surface area contributed by atoms with E-state index in [0.29, 0.717) is 18.0 Å². The zero-order valence-electron chi connectivity index (χ0n) is 12.6. The van der Waals surface area contributed by atoms with Gasteiger partial charge >= 0.3 is 0 Å². The molecule has 1 aromatic carbocycles. The molecular weight excluding hydrogens is 270 g/mol. The Morgan fingerprint density at radius 1 is 1.29 bits per heavy atom. The van der Waals surface area contributed by atoms with Gasteiger partial charge in [-0.1, -0.05) is 6.42 Å². The lowest BCUT2D eigenvalue weighted by Crippen LogP contribution is -2.36. The lowest BCUT2D eigenvalue weighted by atomic mass is 9.88.